The molecule has 0 heterocycles. The van der Waals surface area contributed by atoms with Crippen LogP contribution in [-0.2, 0) is 4.57 Å². The first-order valence-corrected chi connectivity index (χ1v) is 13.5. The van der Waals surface area contributed by atoms with Gasteiger partial charge in [-0.2, -0.15) is 35.1 Å². The first-order chi connectivity index (χ1) is 14.6. The molecule has 2 aromatic rings. The molecule has 0 N–H and O–H groups in total. The normalized spacial score (nSPS) is 14.9. The van der Waals surface area contributed by atoms with Gasteiger partial charge < -0.3 is 4.57 Å². The van der Waals surface area contributed by atoms with Crippen LogP contribution in [0.3, 0.4) is 0 Å². The Morgan fingerprint density at radius 2 is 1.16 bits per heavy atom. The Morgan fingerprint density at radius 3 is 1.50 bits per heavy atom. The van der Waals surface area contributed by atoms with E-state index in [1.165, 1.54) is 48.5 Å². The quantitative estimate of drug-likeness (QED) is 0.108. The van der Waals surface area contributed by atoms with Crippen molar-refractivity contribution in [2.24, 2.45) is 0 Å². The highest BCUT2D eigenvalue weighted by Crippen LogP contribution is 2.59. The fourth-order valence-corrected chi connectivity index (χ4v) is 8.17. The molecule has 1 atom stereocenters. The van der Waals surface area contributed by atoms with E-state index in [0.29, 0.717) is 0 Å². The van der Waals surface area contributed by atoms with Crippen molar-refractivity contribution in [3.63, 3.8) is 0 Å². The van der Waals surface area contributed by atoms with Crippen molar-refractivity contribution in [2.45, 2.75) is 40.2 Å². The van der Waals surface area contributed by atoms with Crippen molar-refractivity contribution in [2.75, 3.05) is 4.43 Å². The van der Waals surface area contributed by atoms with Gasteiger partial charge in [0.2, 0.25) is 0 Å². The minimum Gasteiger partial charge on any atom is -0.313 e. The number of hydrogen-bond acceptors (Lipinski definition) is 1. The summed E-state index contributed by atoms with van der Waals surface area (Å²) >= 11 is 1.48. The van der Waals surface area contributed by atoms with Gasteiger partial charge in [-0.3, -0.25) is 0 Å². The van der Waals surface area contributed by atoms with E-state index in [-0.39, 0.29) is 44.0 Å². The van der Waals surface area contributed by atoms with E-state index in [9.17, 15) is 39.7 Å². The zero-order valence-electron chi connectivity index (χ0n) is 16.1. The molecule has 1 unspecified atom stereocenters. The second-order valence-electron chi connectivity index (χ2n) is 7.02. The predicted molar refractivity (Wildman–Crippen MR) is 125 cm³/mol. The third kappa shape index (κ3) is 5.13. The molecule has 0 aliphatic rings. The van der Waals surface area contributed by atoms with Crippen LogP contribution < -0.4 is 10.6 Å². The highest BCUT2D eigenvalue weighted by molar-refractivity contribution is 14.1. The molecule has 178 valence electrons. The highest BCUT2D eigenvalue weighted by atomic mass is 127. The van der Waals surface area contributed by atoms with Gasteiger partial charge in [-0.1, -0.05) is 83.3 Å². The van der Waals surface area contributed by atoms with Gasteiger partial charge >= 0.3 is 21.7 Å². The lowest BCUT2D eigenvalue weighted by atomic mass is 9.99. The average molecular weight is 710 g/mol. The average Bonchev–Trinajstić information content (AvgIpc) is 2.73. The maximum atomic E-state index is 14.7. The van der Waals surface area contributed by atoms with Gasteiger partial charge in [0.1, 0.15) is 7.14 Å². The second kappa shape index (κ2) is 10.1. The SMILES string of the molecule is O=P(c1ccccc1)(c1ccccc1)C(CCI)CC(F)(F)C(F)(F)C(F)(F)C(F)(F)I. The molecule has 0 radical (unpaired) electrons. The Labute approximate surface area is 207 Å². The van der Waals surface area contributed by atoms with Crippen LogP contribution in [0, 0.1) is 0 Å². The summed E-state index contributed by atoms with van der Waals surface area (Å²) in [5.74, 6) is -18.3. The summed E-state index contributed by atoms with van der Waals surface area (Å²) in [6, 6.07) is 14.5. The van der Waals surface area contributed by atoms with Gasteiger partial charge in [-0.05, 0) is 6.42 Å². The lowest BCUT2D eigenvalue weighted by Crippen LogP contribution is -2.61. The zero-order valence-corrected chi connectivity index (χ0v) is 21.3. The van der Waals surface area contributed by atoms with Crippen LogP contribution in [0.15, 0.2) is 60.7 Å². The summed E-state index contributed by atoms with van der Waals surface area (Å²) in [5.41, 5.74) is -1.70. The Morgan fingerprint density at radius 1 is 0.750 bits per heavy atom. The largest absolute Gasteiger partial charge is 0.387 e. The monoisotopic (exact) mass is 710 g/mol. The molecule has 0 fully saturated rings. The Hall–Kier alpha value is -0.430. The van der Waals surface area contributed by atoms with E-state index in [2.05, 4.69) is 0 Å². The molecule has 0 saturated carbocycles. The summed E-state index contributed by atoms with van der Waals surface area (Å²) in [6.45, 7) is 0. The van der Waals surface area contributed by atoms with Crippen LogP contribution in [0.2, 0.25) is 0 Å². The van der Waals surface area contributed by atoms with Crippen LogP contribution in [0.1, 0.15) is 12.8 Å². The van der Waals surface area contributed by atoms with Gasteiger partial charge in [-0.25, -0.2) is 0 Å². The van der Waals surface area contributed by atoms with Gasteiger partial charge in [0.05, 0.1) is 0 Å². The topological polar surface area (TPSA) is 17.1 Å². The van der Waals surface area contributed by atoms with Crippen molar-refractivity contribution < 1.29 is 39.7 Å². The molecular weight excluding hydrogens is 693 g/mol. The smallest absolute Gasteiger partial charge is 0.313 e. The van der Waals surface area contributed by atoms with E-state index in [0.717, 1.165) is 0 Å². The van der Waals surface area contributed by atoms with Gasteiger partial charge in [-0.15, -0.1) is 0 Å². The molecule has 2 aromatic carbocycles. The van der Waals surface area contributed by atoms with Crippen molar-refractivity contribution in [3.8, 4) is 0 Å². The minimum absolute atomic E-state index is 0.0751. The number of benzene rings is 2. The summed E-state index contributed by atoms with van der Waals surface area (Å²) < 4.78 is 120. The molecule has 2 rings (SSSR count). The summed E-state index contributed by atoms with van der Waals surface area (Å²) in [5, 5.41) is 0.150. The van der Waals surface area contributed by atoms with Gasteiger partial charge in [0, 0.05) is 49.7 Å². The van der Waals surface area contributed by atoms with Crippen LogP contribution in [-0.4, -0.2) is 31.8 Å². The Bertz CT molecular complexity index is 892. The highest BCUT2D eigenvalue weighted by Gasteiger charge is 2.80. The lowest BCUT2D eigenvalue weighted by molar-refractivity contribution is -0.343. The molecule has 0 spiro atoms. The molecule has 0 saturated heterocycles. The summed E-state index contributed by atoms with van der Waals surface area (Å²) in [7, 11) is -4.06. The number of alkyl halides is 10. The predicted octanol–water partition coefficient (Wildman–Crippen LogP) is 7.52. The third-order valence-electron chi connectivity index (χ3n) is 4.94. The van der Waals surface area contributed by atoms with Crippen LogP contribution in [0.25, 0.3) is 0 Å². The Kier molecular flexibility index (Phi) is 8.74. The molecule has 12 heteroatoms. The molecule has 0 amide bonds. The summed E-state index contributed by atoms with van der Waals surface area (Å²) in [6.07, 6.45) is -2.26. The Balaban J connectivity index is 2.63. The number of hydrogen-bond donors (Lipinski definition) is 0. The third-order valence-corrected chi connectivity index (χ3v) is 9.84. The first-order valence-electron chi connectivity index (χ1n) is 9.10. The maximum Gasteiger partial charge on any atom is 0.387 e. The number of rotatable bonds is 10. The fraction of sp³-hybridized carbons (Fsp3) is 0.400. The van der Waals surface area contributed by atoms with Crippen molar-refractivity contribution in [1.82, 2.24) is 0 Å². The van der Waals surface area contributed by atoms with Crippen LogP contribution in [0.4, 0.5) is 35.1 Å². The molecule has 1 nitrogen and oxygen atoms in total. The standard InChI is InChI=1S/C20H17F8I2OP/c21-17(22,18(23,24)19(25,26)20(27,28)30)13-16(11-12-29)32(31,14-7-3-1-4-8-14)15-9-5-2-6-10-15/h1-10,16H,11-13H2. The number of halogens is 10. The minimum atomic E-state index is -6.38. The van der Waals surface area contributed by atoms with Gasteiger partial charge in [0.15, 0.2) is 0 Å². The molecular formula is C20H17F8I2OP. The van der Waals surface area contributed by atoms with Gasteiger partial charge in [0.25, 0.3) is 0 Å². The first kappa shape index (κ1) is 27.8. The molecule has 0 aromatic heterocycles. The van der Waals surface area contributed by atoms with E-state index in [1.807, 2.05) is 0 Å². The van der Waals surface area contributed by atoms with E-state index < -0.39 is 40.9 Å². The summed E-state index contributed by atoms with van der Waals surface area (Å²) in [4.78, 5) is 0. The van der Waals surface area contributed by atoms with Crippen molar-refractivity contribution >= 4 is 62.9 Å². The van der Waals surface area contributed by atoms with Crippen LogP contribution >= 0.6 is 52.3 Å². The second-order valence-corrected chi connectivity index (χ2v) is 12.5. The maximum absolute atomic E-state index is 14.7. The van der Waals surface area contributed by atoms with E-state index >= 15 is 0 Å². The van der Waals surface area contributed by atoms with E-state index in [1.54, 1.807) is 34.7 Å². The zero-order chi connectivity index (χ0) is 24.4. The fourth-order valence-electron chi connectivity index (χ4n) is 3.24. The van der Waals surface area contributed by atoms with Crippen molar-refractivity contribution in [1.29, 1.82) is 0 Å². The molecule has 0 bridgehead atoms. The van der Waals surface area contributed by atoms with Crippen LogP contribution in [0.5, 0.6) is 0 Å². The van der Waals surface area contributed by atoms with Crippen molar-refractivity contribution in [3.05, 3.63) is 60.7 Å². The molecule has 0 aliphatic heterocycles. The van der Waals surface area contributed by atoms with E-state index in [4.69, 9.17) is 0 Å². The molecule has 32 heavy (non-hydrogen) atoms. The lowest BCUT2D eigenvalue weighted by Gasteiger charge is -2.38. The molecule has 0 aliphatic carbocycles.